The summed E-state index contributed by atoms with van der Waals surface area (Å²) in [4.78, 5) is 1.69. The number of nitrogens with zero attached hydrogens (tertiary/aromatic N) is 2. The van der Waals surface area contributed by atoms with Gasteiger partial charge in [0.2, 0.25) is 0 Å². The van der Waals surface area contributed by atoms with E-state index in [2.05, 4.69) is 0 Å². The molecule has 0 N–H and O–H groups in total. The zero-order chi connectivity index (χ0) is 13.9. The van der Waals surface area contributed by atoms with Crippen molar-refractivity contribution >= 4 is 5.57 Å². The second kappa shape index (κ2) is 5.13. The van der Waals surface area contributed by atoms with Crippen LogP contribution in [0, 0.1) is 11.3 Å². The van der Waals surface area contributed by atoms with E-state index in [0.29, 0.717) is 5.70 Å². The van der Waals surface area contributed by atoms with Crippen molar-refractivity contribution in [2.24, 2.45) is 0 Å². The average Bonchev–Trinajstić information content (AvgIpc) is 2.29. The number of hydrogen-bond acceptors (Lipinski definition) is 2. The molecule has 0 aliphatic heterocycles. The van der Waals surface area contributed by atoms with Crippen LogP contribution in [-0.4, -0.2) is 19.0 Å². The number of alkyl halides is 3. The third kappa shape index (κ3) is 3.04. The van der Waals surface area contributed by atoms with Crippen LogP contribution in [0.3, 0.4) is 0 Å². The highest BCUT2D eigenvalue weighted by Gasteiger charge is 2.30. The van der Waals surface area contributed by atoms with Crippen LogP contribution in [-0.2, 0) is 6.18 Å². The van der Waals surface area contributed by atoms with Gasteiger partial charge in [-0.25, -0.2) is 0 Å². The summed E-state index contributed by atoms with van der Waals surface area (Å²) < 4.78 is 37.8. The number of nitriles is 1. The smallest absolute Gasteiger partial charge is 0.380 e. The predicted molar refractivity (Wildman–Crippen MR) is 63.3 cm³/mol. The van der Waals surface area contributed by atoms with Crippen molar-refractivity contribution in [1.29, 1.82) is 5.26 Å². The highest BCUT2D eigenvalue weighted by molar-refractivity contribution is 5.79. The van der Waals surface area contributed by atoms with Crippen LogP contribution in [0.4, 0.5) is 13.2 Å². The lowest BCUT2D eigenvalue weighted by Crippen LogP contribution is -2.11. The number of benzene rings is 1. The zero-order valence-electron chi connectivity index (χ0n) is 10.3. The first kappa shape index (κ1) is 14.1. The summed E-state index contributed by atoms with van der Waals surface area (Å²) in [6, 6.07) is 6.73. The molecule has 0 bridgehead atoms. The number of rotatable bonds is 2. The Morgan fingerprint density at radius 2 is 1.89 bits per heavy atom. The molecule has 0 fully saturated rings. The molecule has 96 valence electrons. The molecule has 1 rings (SSSR count). The van der Waals surface area contributed by atoms with E-state index < -0.39 is 11.7 Å². The molecular formula is C13H13F3N2. The fourth-order valence-corrected chi connectivity index (χ4v) is 1.43. The molecule has 0 atom stereocenters. The highest BCUT2D eigenvalue weighted by atomic mass is 19.4. The summed E-state index contributed by atoms with van der Waals surface area (Å²) in [7, 11) is 3.47. The van der Waals surface area contributed by atoms with Crippen molar-refractivity contribution in [2.75, 3.05) is 14.1 Å². The monoisotopic (exact) mass is 254 g/mol. The maximum Gasteiger partial charge on any atom is 0.416 e. The van der Waals surface area contributed by atoms with Crippen LogP contribution >= 0.6 is 0 Å². The first-order valence-electron chi connectivity index (χ1n) is 5.23. The lowest BCUT2D eigenvalue weighted by atomic mass is 10.0. The molecule has 18 heavy (non-hydrogen) atoms. The van der Waals surface area contributed by atoms with Gasteiger partial charge in [0.25, 0.3) is 0 Å². The van der Waals surface area contributed by atoms with Crippen molar-refractivity contribution in [2.45, 2.75) is 13.1 Å². The Kier molecular flexibility index (Phi) is 4.02. The van der Waals surface area contributed by atoms with Gasteiger partial charge in [-0.15, -0.1) is 0 Å². The summed E-state index contributed by atoms with van der Waals surface area (Å²) in [5.41, 5.74) is 0.390. The Morgan fingerprint density at radius 3 is 2.33 bits per heavy atom. The molecule has 0 aliphatic rings. The van der Waals surface area contributed by atoms with Crippen molar-refractivity contribution in [3.8, 4) is 6.07 Å². The van der Waals surface area contributed by atoms with Crippen molar-refractivity contribution < 1.29 is 13.2 Å². The summed E-state index contributed by atoms with van der Waals surface area (Å²) in [5, 5.41) is 9.08. The molecule has 0 amide bonds. The maximum atomic E-state index is 12.6. The maximum absolute atomic E-state index is 12.6. The quantitative estimate of drug-likeness (QED) is 0.755. The second-order valence-corrected chi connectivity index (χ2v) is 4.05. The molecule has 2 nitrogen and oxygen atoms in total. The van der Waals surface area contributed by atoms with Gasteiger partial charge in [-0.05, 0) is 24.6 Å². The third-order valence-corrected chi connectivity index (χ3v) is 2.62. The van der Waals surface area contributed by atoms with Crippen molar-refractivity contribution in [3.63, 3.8) is 0 Å². The third-order valence-electron chi connectivity index (χ3n) is 2.62. The van der Waals surface area contributed by atoms with Gasteiger partial charge in [-0.3, -0.25) is 0 Å². The standard InChI is InChI=1S/C13H13F3N2/c1-9(18(2)3)12(8-17)10-5-4-6-11(7-10)13(14,15)16/h4-7H,1-3H3. The minimum absolute atomic E-state index is 0.242. The first-order valence-corrected chi connectivity index (χ1v) is 5.23. The molecule has 0 saturated carbocycles. The Morgan fingerprint density at radius 1 is 1.28 bits per heavy atom. The van der Waals surface area contributed by atoms with Crippen LogP contribution < -0.4 is 0 Å². The van der Waals surface area contributed by atoms with E-state index in [1.54, 1.807) is 25.9 Å². The molecule has 5 heteroatoms. The van der Waals surface area contributed by atoms with Crippen molar-refractivity contribution in [1.82, 2.24) is 4.90 Å². The molecule has 0 aromatic heterocycles. The van der Waals surface area contributed by atoms with Gasteiger partial charge in [0, 0.05) is 19.8 Å². The van der Waals surface area contributed by atoms with E-state index in [9.17, 15) is 13.2 Å². The Balaban J connectivity index is 3.35. The normalized spacial score (nSPS) is 12.7. The van der Waals surface area contributed by atoms with Crippen LogP contribution in [0.1, 0.15) is 18.1 Å². The number of allylic oxidation sites excluding steroid dienone is 2. The minimum atomic E-state index is -4.40. The molecule has 0 unspecified atom stereocenters. The van der Waals surface area contributed by atoms with E-state index in [0.717, 1.165) is 12.1 Å². The van der Waals surface area contributed by atoms with Crippen LogP contribution in [0.2, 0.25) is 0 Å². The van der Waals surface area contributed by atoms with Crippen LogP contribution in [0.15, 0.2) is 30.0 Å². The minimum Gasteiger partial charge on any atom is -0.380 e. The van der Waals surface area contributed by atoms with Crippen LogP contribution in [0.25, 0.3) is 5.57 Å². The Labute approximate surface area is 104 Å². The molecular weight excluding hydrogens is 241 g/mol. The van der Waals surface area contributed by atoms with Gasteiger partial charge in [0.1, 0.15) is 6.07 Å². The molecule has 1 aromatic rings. The van der Waals surface area contributed by atoms with Gasteiger partial charge in [0.15, 0.2) is 0 Å². The van der Waals surface area contributed by atoms with Crippen molar-refractivity contribution in [3.05, 3.63) is 41.1 Å². The molecule has 0 aliphatic carbocycles. The lowest BCUT2D eigenvalue weighted by Gasteiger charge is -2.16. The van der Waals surface area contributed by atoms with Crippen LogP contribution in [0.5, 0.6) is 0 Å². The SMILES string of the molecule is CC(=C(C#N)c1cccc(C(F)(F)F)c1)N(C)C. The fraction of sp³-hybridized carbons (Fsp3) is 0.308. The topological polar surface area (TPSA) is 27.0 Å². The number of hydrogen-bond donors (Lipinski definition) is 0. The molecule has 0 saturated heterocycles. The average molecular weight is 254 g/mol. The van der Waals surface area contributed by atoms with Gasteiger partial charge >= 0.3 is 6.18 Å². The Hall–Kier alpha value is -1.96. The fourth-order valence-electron chi connectivity index (χ4n) is 1.43. The summed E-state index contributed by atoms with van der Waals surface area (Å²) in [5.74, 6) is 0. The van der Waals surface area contributed by atoms with Gasteiger partial charge < -0.3 is 4.90 Å². The lowest BCUT2D eigenvalue weighted by molar-refractivity contribution is -0.137. The van der Waals surface area contributed by atoms with E-state index in [1.165, 1.54) is 12.1 Å². The van der Waals surface area contributed by atoms with Gasteiger partial charge in [0.05, 0.1) is 11.1 Å². The molecule has 0 heterocycles. The van der Waals surface area contributed by atoms with Gasteiger partial charge in [-0.2, -0.15) is 18.4 Å². The molecule has 1 aromatic carbocycles. The summed E-state index contributed by atoms with van der Waals surface area (Å²) >= 11 is 0. The summed E-state index contributed by atoms with van der Waals surface area (Å²) in [6.45, 7) is 1.69. The zero-order valence-corrected chi connectivity index (χ0v) is 10.3. The summed E-state index contributed by atoms with van der Waals surface area (Å²) in [6.07, 6.45) is -4.40. The number of halogens is 3. The first-order chi connectivity index (χ1) is 8.27. The van der Waals surface area contributed by atoms with Gasteiger partial charge in [-0.1, -0.05) is 12.1 Å². The second-order valence-electron chi connectivity index (χ2n) is 4.05. The predicted octanol–water partition coefficient (Wildman–Crippen LogP) is 3.52. The van der Waals surface area contributed by atoms with E-state index >= 15 is 0 Å². The highest BCUT2D eigenvalue weighted by Crippen LogP contribution is 2.31. The molecule has 0 radical (unpaired) electrons. The van der Waals surface area contributed by atoms with E-state index in [1.807, 2.05) is 6.07 Å². The largest absolute Gasteiger partial charge is 0.416 e. The van der Waals surface area contributed by atoms with E-state index in [-0.39, 0.29) is 11.1 Å². The van der Waals surface area contributed by atoms with E-state index in [4.69, 9.17) is 5.26 Å². The Bertz CT molecular complexity index is 508. The molecule has 0 spiro atoms.